The van der Waals surface area contributed by atoms with Crippen molar-refractivity contribution in [3.63, 3.8) is 0 Å². The quantitative estimate of drug-likeness (QED) is 0.740. The predicted molar refractivity (Wildman–Crippen MR) is 73.3 cm³/mol. The molecule has 98 valence electrons. The maximum absolute atomic E-state index is 11.9. The molecular formula is C15H15NO3. The first kappa shape index (κ1) is 13.0. The second-order valence-corrected chi connectivity index (χ2v) is 4.39. The van der Waals surface area contributed by atoms with Crippen molar-refractivity contribution in [2.45, 2.75) is 13.3 Å². The van der Waals surface area contributed by atoms with E-state index in [1.54, 1.807) is 36.4 Å². The van der Waals surface area contributed by atoms with Crippen LogP contribution in [0.3, 0.4) is 0 Å². The number of rotatable bonds is 3. The minimum atomic E-state index is -0.167. The second-order valence-electron chi connectivity index (χ2n) is 4.39. The lowest BCUT2D eigenvalue weighted by molar-refractivity contribution is -0.115. The van der Waals surface area contributed by atoms with Crippen LogP contribution >= 0.6 is 0 Å². The standard InChI is InChI=1S/C15H15NO3/c1-10-7-13(18)5-6-14(10)16-15(19)9-11-3-2-4-12(17)8-11/h2-8,17-18H,9H2,1H3,(H,16,19). The number of carbonyl (C=O) groups excluding carboxylic acids is 1. The van der Waals surface area contributed by atoms with Crippen LogP contribution in [0.25, 0.3) is 0 Å². The van der Waals surface area contributed by atoms with Gasteiger partial charge in [-0.15, -0.1) is 0 Å². The molecule has 0 aliphatic heterocycles. The number of aryl methyl sites for hydroxylation is 1. The van der Waals surface area contributed by atoms with Crippen molar-refractivity contribution >= 4 is 11.6 Å². The maximum Gasteiger partial charge on any atom is 0.228 e. The number of hydrogen-bond donors (Lipinski definition) is 3. The lowest BCUT2D eigenvalue weighted by atomic mass is 10.1. The summed E-state index contributed by atoms with van der Waals surface area (Å²) in [7, 11) is 0. The largest absolute Gasteiger partial charge is 0.508 e. The van der Waals surface area contributed by atoms with Gasteiger partial charge in [-0.1, -0.05) is 12.1 Å². The molecule has 3 N–H and O–H groups in total. The van der Waals surface area contributed by atoms with Gasteiger partial charge in [-0.3, -0.25) is 4.79 Å². The summed E-state index contributed by atoms with van der Waals surface area (Å²) in [6.07, 6.45) is 0.189. The summed E-state index contributed by atoms with van der Waals surface area (Å²) in [5.41, 5.74) is 2.21. The Hall–Kier alpha value is -2.49. The van der Waals surface area contributed by atoms with Crippen LogP contribution in [0.1, 0.15) is 11.1 Å². The highest BCUT2D eigenvalue weighted by molar-refractivity contribution is 5.93. The molecule has 0 radical (unpaired) electrons. The highest BCUT2D eigenvalue weighted by atomic mass is 16.3. The van der Waals surface area contributed by atoms with Gasteiger partial charge in [0.2, 0.25) is 5.91 Å². The molecule has 0 saturated carbocycles. The first-order chi connectivity index (χ1) is 9.04. The molecule has 2 aromatic rings. The van der Waals surface area contributed by atoms with Crippen LogP contribution in [0.4, 0.5) is 5.69 Å². The average Bonchev–Trinajstić information content (AvgIpc) is 2.33. The summed E-state index contributed by atoms with van der Waals surface area (Å²) in [5, 5.41) is 21.4. The van der Waals surface area contributed by atoms with Crippen molar-refractivity contribution < 1.29 is 15.0 Å². The fraction of sp³-hybridized carbons (Fsp3) is 0.133. The van der Waals surface area contributed by atoms with E-state index in [0.29, 0.717) is 5.69 Å². The van der Waals surface area contributed by atoms with Crippen LogP contribution in [-0.2, 0) is 11.2 Å². The van der Waals surface area contributed by atoms with Gasteiger partial charge in [0.1, 0.15) is 11.5 Å². The van der Waals surface area contributed by atoms with Crippen molar-refractivity contribution in [3.8, 4) is 11.5 Å². The van der Waals surface area contributed by atoms with E-state index in [1.165, 1.54) is 6.07 Å². The van der Waals surface area contributed by atoms with Gasteiger partial charge >= 0.3 is 0 Å². The molecule has 2 aromatic carbocycles. The zero-order valence-corrected chi connectivity index (χ0v) is 10.6. The maximum atomic E-state index is 11.9. The molecule has 0 aliphatic carbocycles. The Kier molecular flexibility index (Phi) is 3.71. The van der Waals surface area contributed by atoms with Crippen LogP contribution in [0.15, 0.2) is 42.5 Å². The number of aromatic hydroxyl groups is 2. The fourth-order valence-corrected chi connectivity index (χ4v) is 1.83. The van der Waals surface area contributed by atoms with Gasteiger partial charge in [-0.05, 0) is 48.4 Å². The molecule has 4 nitrogen and oxygen atoms in total. The summed E-state index contributed by atoms with van der Waals surface area (Å²) in [6, 6.07) is 11.4. The van der Waals surface area contributed by atoms with Gasteiger partial charge in [0, 0.05) is 5.69 Å². The Morgan fingerprint density at radius 1 is 1.11 bits per heavy atom. The monoisotopic (exact) mass is 257 g/mol. The zero-order chi connectivity index (χ0) is 13.8. The minimum absolute atomic E-state index is 0.145. The number of nitrogens with one attached hydrogen (secondary N) is 1. The van der Waals surface area contributed by atoms with Crippen molar-refractivity contribution in [1.82, 2.24) is 0 Å². The Morgan fingerprint density at radius 3 is 2.53 bits per heavy atom. The molecule has 0 spiro atoms. The van der Waals surface area contributed by atoms with E-state index >= 15 is 0 Å². The van der Waals surface area contributed by atoms with Gasteiger partial charge in [0.25, 0.3) is 0 Å². The third-order valence-electron chi connectivity index (χ3n) is 2.76. The molecule has 0 saturated heterocycles. The minimum Gasteiger partial charge on any atom is -0.508 e. The van der Waals surface area contributed by atoms with E-state index < -0.39 is 0 Å². The summed E-state index contributed by atoms with van der Waals surface area (Å²) in [4.78, 5) is 11.9. The lowest BCUT2D eigenvalue weighted by Crippen LogP contribution is -2.15. The van der Waals surface area contributed by atoms with E-state index in [4.69, 9.17) is 0 Å². The number of hydrogen-bond acceptors (Lipinski definition) is 3. The molecule has 0 heterocycles. The van der Waals surface area contributed by atoms with Crippen molar-refractivity contribution in [2.75, 3.05) is 5.32 Å². The topological polar surface area (TPSA) is 69.6 Å². The molecule has 19 heavy (non-hydrogen) atoms. The van der Waals surface area contributed by atoms with Gasteiger partial charge in [0.05, 0.1) is 6.42 Å². The third-order valence-corrected chi connectivity index (χ3v) is 2.76. The van der Waals surface area contributed by atoms with Crippen LogP contribution in [0, 0.1) is 6.92 Å². The van der Waals surface area contributed by atoms with Gasteiger partial charge < -0.3 is 15.5 Å². The van der Waals surface area contributed by atoms with E-state index in [2.05, 4.69) is 5.32 Å². The highest BCUT2D eigenvalue weighted by Gasteiger charge is 2.07. The van der Waals surface area contributed by atoms with E-state index in [9.17, 15) is 15.0 Å². The van der Waals surface area contributed by atoms with E-state index in [-0.39, 0.29) is 23.8 Å². The smallest absolute Gasteiger partial charge is 0.228 e. The summed E-state index contributed by atoms with van der Waals surface area (Å²) < 4.78 is 0. The van der Waals surface area contributed by atoms with E-state index in [1.807, 2.05) is 6.92 Å². The number of carbonyl (C=O) groups is 1. The van der Waals surface area contributed by atoms with Crippen LogP contribution < -0.4 is 5.32 Å². The number of phenolic OH excluding ortho intramolecular Hbond substituents is 2. The van der Waals surface area contributed by atoms with Crippen molar-refractivity contribution in [1.29, 1.82) is 0 Å². The van der Waals surface area contributed by atoms with Crippen LogP contribution in [-0.4, -0.2) is 16.1 Å². The molecule has 0 aliphatic rings. The zero-order valence-electron chi connectivity index (χ0n) is 10.6. The molecule has 0 bridgehead atoms. The SMILES string of the molecule is Cc1cc(O)ccc1NC(=O)Cc1cccc(O)c1. The lowest BCUT2D eigenvalue weighted by Gasteiger charge is -2.09. The number of phenols is 2. The Balaban J connectivity index is 2.05. The first-order valence-electron chi connectivity index (χ1n) is 5.92. The molecule has 0 unspecified atom stereocenters. The third kappa shape index (κ3) is 3.48. The molecule has 0 atom stereocenters. The number of benzene rings is 2. The molecule has 2 rings (SSSR count). The van der Waals surface area contributed by atoms with E-state index in [0.717, 1.165) is 11.1 Å². The molecule has 0 aromatic heterocycles. The Bertz CT molecular complexity index is 608. The highest BCUT2D eigenvalue weighted by Crippen LogP contribution is 2.20. The molecular weight excluding hydrogens is 242 g/mol. The summed E-state index contributed by atoms with van der Waals surface area (Å²) >= 11 is 0. The normalized spacial score (nSPS) is 10.2. The fourth-order valence-electron chi connectivity index (χ4n) is 1.83. The average molecular weight is 257 g/mol. The molecule has 0 fully saturated rings. The number of amides is 1. The predicted octanol–water partition coefficient (Wildman–Crippen LogP) is 2.59. The van der Waals surface area contributed by atoms with Crippen LogP contribution in [0.2, 0.25) is 0 Å². The summed E-state index contributed by atoms with van der Waals surface area (Å²) in [6.45, 7) is 1.81. The van der Waals surface area contributed by atoms with Gasteiger partial charge in [-0.2, -0.15) is 0 Å². The van der Waals surface area contributed by atoms with Gasteiger partial charge in [0.15, 0.2) is 0 Å². The van der Waals surface area contributed by atoms with Crippen LogP contribution in [0.5, 0.6) is 11.5 Å². The Labute approximate surface area is 111 Å². The Morgan fingerprint density at radius 2 is 1.84 bits per heavy atom. The molecule has 4 heteroatoms. The first-order valence-corrected chi connectivity index (χ1v) is 5.92. The van der Waals surface area contributed by atoms with Gasteiger partial charge in [-0.25, -0.2) is 0 Å². The second kappa shape index (κ2) is 5.44. The molecule has 1 amide bonds. The van der Waals surface area contributed by atoms with Crippen molar-refractivity contribution in [2.24, 2.45) is 0 Å². The van der Waals surface area contributed by atoms with Crippen molar-refractivity contribution in [3.05, 3.63) is 53.6 Å². The summed E-state index contributed by atoms with van der Waals surface area (Å²) in [5.74, 6) is 0.147. The number of anilines is 1.